The Balaban J connectivity index is 2.80. The molecule has 7 heteroatoms. The molecule has 0 aliphatic heterocycles. The van der Waals surface area contributed by atoms with Crippen LogP contribution in [0.1, 0.15) is 17.3 Å². The zero-order chi connectivity index (χ0) is 13.3. The molecule has 0 saturated carbocycles. The van der Waals surface area contributed by atoms with Crippen molar-refractivity contribution in [2.45, 2.75) is 6.92 Å². The fraction of sp³-hybridized carbons (Fsp3) is 0.273. The zero-order valence-electron chi connectivity index (χ0n) is 9.89. The van der Waals surface area contributed by atoms with Crippen LogP contribution in [0.4, 0.5) is 0 Å². The van der Waals surface area contributed by atoms with Gasteiger partial charge < -0.3 is 19.7 Å². The summed E-state index contributed by atoms with van der Waals surface area (Å²) in [6, 6.07) is 1.46. The fourth-order valence-electron chi connectivity index (χ4n) is 1.70. The van der Waals surface area contributed by atoms with E-state index in [0.29, 0.717) is 6.54 Å². The molecule has 7 nitrogen and oxygen atoms in total. The van der Waals surface area contributed by atoms with E-state index >= 15 is 0 Å². The highest BCUT2D eigenvalue weighted by molar-refractivity contribution is 6.00. The number of furan rings is 1. The molecule has 18 heavy (non-hydrogen) atoms. The third-order valence-electron chi connectivity index (χ3n) is 2.46. The van der Waals surface area contributed by atoms with Crippen molar-refractivity contribution in [3.63, 3.8) is 0 Å². The van der Waals surface area contributed by atoms with Gasteiger partial charge in [-0.3, -0.25) is 9.59 Å². The van der Waals surface area contributed by atoms with Crippen molar-refractivity contribution in [1.82, 2.24) is 10.0 Å². The minimum absolute atomic E-state index is 0.0257. The van der Waals surface area contributed by atoms with E-state index < -0.39 is 22.8 Å². The van der Waals surface area contributed by atoms with Crippen LogP contribution < -0.4 is 15.7 Å². The van der Waals surface area contributed by atoms with Gasteiger partial charge in [-0.2, -0.15) is 0 Å². The number of carbonyl (C=O) groups is 1. The molecule has 0 aliphatic carbocycles. The zero-order valence-corrected chi connectivity index (χ0v) is 9.89. The maximum absolute atomic E-state index is 12.0. The van der Waals surface area contributed by atoms with Gasteiger partial charge in [0.25, 0.3) is 11.5 Å². The predicted octanol–water partition coefficient (Wildman–Crippen LogP) is 0.108. The summed E-state index contributed by atoms with van der Waals surface area (Å²) in [7, 11) is 1.28. The Morgan fingerprint density at radius 3 is 2.94 bits per heavy atom. The monoisotopic (exact) mass is 252 g/mol. The number of nitrogens with one attached hydrogen (secondary N) is 1. The predicted molar refractivity (Wildman–Crippen MR) is 62.7 cm³/mol. The number of hydrogen-bond acceptors (Lipinski definition) is 5. The molecule has 2 rings (SSSR count). The number of rotatable bonds is 3. The van der Waals surface area contributed by atoms with Crippen LogP contribution in [0.5, 0.6) is 5.75 Å². The van der Waals surface area contributed by atoms with Crippen LogP contribution in [-0.2, 0) is 0 Å². The summed E-state index contributed by atoms with van der Waals surface area (Å²) >= 11 is 0. The van der Waals surface area contributed by atoms with Gasteiger partial charge in [-0.15, -0.1) is 4.73 Å². The van der Waals surface area contributed by atoms with Gasteiger partial charge in [-0.05, 0) is 6.92 Å². The van der Waals surface area contributed by atoms with Crippen LogP contribution in [0.15, 0.2) is 21.5 Å². The van der Waals surface area contributed by atoms with E-state index in [1.165, 1.54) is 19.4 Å². The highest BCUT2D eigenvalue weighted by Gasteiger charge is 2.24. The van der Waals surface area contributed by atoms with E-state index in [1.807, 2.05) is 0 Å². The third-order valence-corrected chi connectivity index (χ3v) is 2.46. The van der Waals surface area contributed by atoms with Gasteiger partial charge in [-0.1, -0.05) is 0 Å². The summed E-state index contributed by atoms with van der Waals surface area (Å²) in [5.41, 5.74) is -0.859. The third kappa shape index (κ3) is 1.60. The van der Waals surface area contributed by atoms with Crippen molar-refractivity contribution in [3.05, 3.63) is 28.2 Å². The molecule has 2 aromatic rings. The van der Waals surface area contributed by atoms with E-state index in [1.54, 1.807) is 6.92 Å². The molecule has 0 aromatic carbocycles. The van der Waals surface area contributed by atoms with E-state index in [2.05, 4.69) is 5.32 Å². The molecule has 0 spiro atoms. The maximum atomic E-state index is 12.0. The molecule has 0 fully saturated rings. The summed E-state index contributed by atoms with van der Waals surface area (Å²) in [6.07, 6.45) is 1.29. The largest absolute Gasteiger partial charge is 0.503 e. The van der Waals surface area contributed by atoms with E-state index in [-0.39, 0.29) is 11.1 Å². The Hall–Kier alpha value is -2.44. The topological polar surface area (TPSA) is 93.7 Å². The van der Waals surface area contributed by atoms with Crippen LogP contribution in [0.3, 0.4) is 0 Å². The summed E-state index contributed by atoms with van der Waals surface area (Å²) in [5.74, 6) is -1.16. The van der Waals surface area contributed by atoms with Gasteiger partial charge in [0.2, 0.25) is 0 Å². The van der Waals surface area contributed by atoms with Crippen LogP contribution in [0.25, 0.3) is 11.1 Å². The number of aromatic nitrogens is 1. The highest BCUT2D eigenvalue weighted by Crippen LogP contribution is 2.26. The Morgan fingerprint density at radius 1 is 1.61 bits per heavy atom. The highest BCUT2D eigenvalue weighted by atomic mass is 16.7. The Bertz CT molecular complexity index is 655. The summed E-state index contributed by atoms with van der Waals surface area (Å²) < 4.78 is 5.94. The molecule has 1 amide bonds. The Labute approximate surface area is 102 Å². The molecule has 2 N–H and O–H groups in total. The van der Waals surface area contributed by atoms with Crippen LogP contribution in [-0.4, -0.2) is 29.4 Å². The molecular formula is C11H12N2O5. The van der Waals surface area contributed by atoms with Gasteiger partial charge in [0.05, 0.1) is 6.26 Å². The molecule has 0 bridgehead atoms. The molecular weight excluding hydrogens is 240 g/mol. The van der Waals surface area contributed by atoms with E-state index in [4.69, 9.17) is 9.25 Å². The number of pyridine rings is 1. The first-order chi connectivity index (χ1) is 8.61. The summed E-state index contributed by atoms with van der Waals surface area (Å²) in [5, 5.41) is 12.4. The average molecular weight is 252 g/mol. The molecule has 0 radical (unpaired) electrons. The number of fused-ring (bicyclic) bond motifs is 1. The van der Waals surface area contributed by atoms with Crippen molar-refractivity contribution in [2.24, 2.45) is 0 Å². The van der Waals surface area contributed by atoms with Gasteiger partial charge in [-0.25, -0.2) is 0 Å². The second-order valence-corrected chi connectivity index (χ2v) is 3.50. The standard InChI is InChI=1S/C11H12N2O5/c1-3-12-10(15)7-8(14)9-6(4-5-18-9)13(17-2)11(7)16/h4-5,14H,3H2,1-2H3,(H,12,15). The second-order valence-electron chi connectivity index (χ2n) is 3.50. The molecule has 0 saturated heterocycles. The quantitative estimate of drug-likeness (QED) is 0.808. The normalized spacial score (nSPS) is 10.6. The minimum Gasteiger partial charge on any atom is -0.503 e. The van der Waals surface area contributed by atoms with Crippen molar-refractivity contribution in [2.75, 3.05) is 13.7 Å². The van der Waals surface area contributed by atoms with E-state index in [9.17, 15) is 14.7 Å². The van der Waals surface area contributed by atoms with Crippen molar-refractivity contribution < 1.29 is 19.2 Å². The molecule has 0 atom stereocenters. The van der Waals surface area contributed by atoms with Crippen LogP contribution in [0.2, 0.25) is 0 Å². The molecule has 2 heterocycles. The number of hydrogen-bond donors (Lipinski definition) is 2. The molecule has 0 aliphatic rings. The lowest BCUT2D eigenvalue weighted by atomic mass is 10.2. The number of amides is 1. The van der Waals surface area contributed by atoms with Crippen molar-refractivity contribution in [3.8, 4) is 5.75 Å². The minimum atomic E-state index is -0.741. The average Bonchev–Trinajstić information content (AvgIpc) is 2.79. The van der Waals surface area contributed by atoms with Gasteiger partial charge in [0.1, 0.15) is 12.6 Å². The Morgan fingerprint density at radius 2 is 2.33 bits per heavy atom. The number of aromatic hydroxyl groups is 1. The van der Waals surface area contributed by atoms with Crippen LogP contribution >= 0.6 is 0 Å². The number of carbonyl (C=O) groups excluding carboxylic acids is 1. The van der Waals surface area contributed by atoms with Gasteiger partial charge in [0, 0.05) is 12.6 Å². The van der Waals surface area contributed by atoms with Gasteiger partial charge in [0.15, 0.2) is 16.9 Å². The van der Waals surface area contributed by atoms with Crippen molar-refractivity contribution in [1.29, 1.82) is 0 Å². The fourth-order valence-corrected chi connectivity index (χ4v) is 1.70. The smallest absolute Gasteiger partial charge is 0.300 e. The first-order valence-electron chi connectivity index (χ1n) is 5.29. The van der Waals surface area contributed by atoms with Crippen molar-refractivity contribution >= 4 is 17.0 Å². The lowest BCUT2D eigenvalue weighted by molar-refractivity contribution is 0.0944. The number of nitrogens with zero attached hydrogens (tertiary/aromatic N) is 1. The van der Waals surface area contributed by atoms with Crippen LogP contribution in [0, 0.1) is 0 Å². The SMILES string of the molecule is CCNC(=O)c1c(O)c2occc2n(OC)c1=O. The van der Waals surface area contributed by atoms with Gasteiger partial charge >= 0.3 is 0 Å². The lowest BCUT2D eigenvalue weighted by Crippen LogP contribution is -2.35. The lowest BCUT2D eigenvalue weighted by Gasteiger charge is -2.09. The molecule has 2 aromatic heterocycles. The first kappa shape index (κ1) is 12.0. The van der Waals surface area contributed by atoms with E-state index in [0.717, 1.165) is 4.73 Å². The summed E-state index contributed by atoms with van der Waals surface area (Å²) in [4.78, 5) is 28.7. The summed E-state index contributed by atoms with van der Waals surface area (Å²) in [6.45, 7) is 2.04. The first-order valence-corrected chi connectivity index (χ1v) is 5.29. The molecule has 0 unspecified atom stereocenters. The maximum Gasteiger partial charge on any atom is 0.300 e. The Kier molecular flexibility index (Phi) is 2.97. The second kappa shape index (κ2) is 4.44. The molecule has 96 valence electrons.